The summed E-state index contributed by atoms with van der Waals surface area (Å²) in [5.74, 6) is 0.0164. The minimum Gasteiger partial charge on any atom is -0.501 e. The van der Waals surface area contributed by atoms with E-state index < -0.39 is 6.10 Å². The first kappa shape index (κ1) is 12.8. The Morgan fingerprint density at radius 1 is 1.39 bits per heavy atom. The van der Waals surface area contributed by atoms with Gasteiger partial charge in [-0.2, -0.15) is 0 Å². The van der Waals surface area contributed by atoms with Crippen molar-refractivity contribution in [2.75, 3.05) is 13.2 Å². The smallest absolute Gasteiger partial charge is 0.195 e. The predicted molar refractivity (Wildman–Crippen MR) is 69.1 cm³/mol. The molecule has 1 aromatic carbocycles. The number of rotatable bonds is 5. The topological polar surface area (TPSA) is 35.5 Å². The van der Waals surface area contributed by atoms with Gasteiger partial charge in [-0.25, -0.2) is 0 Å². The van der Waals surface area contributed by atoms with Crippen LogP contribution in [0.3, 0.4) is 0 Å². The van der Waals surface area contributed by atoms with Crippen LogP contribution in [0.2, 0.25) is 0 Å². The summed E-state index contributed by atoms with van der Waals surface area (Å²) >= 11 is 0. The van der Waals surface area contributed by atoms with Crippen LogP contribution in [-0.2, 0) is 14.3 Å². The molecule has 1 aromatic rings. The van der Waals surface area contributed by atoms with Gasteiger partial charge in [-0.3, -0.25) is 4.79 Å². The van der Waals surface area contributed by atoms with Gasteiger partial charge in [0.1, 0.15) is 6.10 Å². The van der Waals surface area contributed by atoms with E-state index in [9.17, 15) is 4.79 Å². The quantitative estimate of drug-likeness (QED) is 0.801. The van der Waals surface area contributed by atoms with Crippen molar-refractivity contribution in [3.05, 3.63) is 47.7 Å². The van der Waals surface area contributed by atoms with Gasteiger partial charge in [0.05, 0.1) is 12.9 Å². The highest BCUT2D eigenvalue weighted by molar-refractivity contribution is 5.99. The van der Waals surface area contributed by atoms with Crippen LogP contribution >= 0.6 is 0 Å². The molecule has 0 aliphatic carbocycles. The maximum atomic E-state index is 12.4. The van der Waals surface area contributed by atoms with E-state index in [0.29, 0.717) is 13.2 Å². The van der Waals surface area contributed by atoms with Gasteiger partial charge in [-0.1, -0.05) is 30.3 Å². The van der Waals surface area contributed by atoms with Gasteiger partial charge in [0.15, 0.2) is 5.78 Å². The van der Waals surface area contributed by atoms with E-state index in [2.05, 4.69) is 0 Å². The Kier molecular flexibility index (Phi) is 4.53. The van der Waals surface area contributed by atoms with Crippen LogP contribution in [0.4, 0.5) is 0 Å². The third kappa shape index (κ3) is 2.99. The van der Waals surface area contributed by atoms with E-state index in [1.54, 1.807) is 6.26 Å². The molecule has 1 heterocycles. The summed E-state index contributed by atoms with van der Waals surface area (Å²) in [4.78, 5) is 12.4. The molecule has 0 amide bonds. The Morgan fingerprint density at radius 2 is 2.17 bits per heavy atom. The Morgan fingerprint density at radius 3 is 2.78 bits per heavy atom. The van der Waals surface area contributed by atoms with Crippen molar-refractivity contribution in [2.24, 2.45) is 0 Å². The second-order valence-electron chi connectivity index (χ2n) is 4.23. The SMILES string of the molecule is CCOC(C(=O)C1=COCCC1)c1ccccc1. The summed E-state index contributed by atoms with van der Waals surface area (Å²) in [6.07, 6.45) is 2.74. The molecule has 0 bridgehead atoms. The first-order valence-corrected chi connectivity index (χ1v) is 6.34. The van der Waals surface area contributed by atoms with Crippen LogP contribution in [0.25, 0.3) is 0 Å². The number of hydrogen-bond acceptors (Lipinski definition) is 3. The van der Waals surface area contributed by atoms with E-state index in [0.717, 1.165) is 24.0 Å². The molecule has 0 aromatic heterocycles. The zero-order valence-corrected chi connectivity index (χ0v) is 10.6. The largest absolute Gasteiger partial charge is 0.501 e. The van der Waals surface area contributed by atoms with Gasteiger partial charge in [0.25, 0.3) is 0 Å². The fraction of sp³-hybridized carbons (Fsp3) is 0.400. The zero-order chi connectivity index (χ0) is 12.8. The average Bonchev–Trinajstić information content (AvgIpc) is 2.46. The van der Waals surface area contributed by atoms with Gasteiger partial charge in [0, 0.05) is 12.2 Å². The molecule has 1 aliphatic heterocycles. The molecule has 0 spiro atoms. The van der Waals surface area contributed by atoms with E-state index in [1.807, 2.05) is 37.3 Å². The van der Waals surface area contributed by atoms with Gasteiger partial charge in [-0.15, -0.1) is 0 Å². The first-order valence-electron chi connectivity index (χ1n) is 6.34. The highest BCUT2D eigenvalue weighted by Gasteiger charge is 2.25. The summed E-state index contributed by atoms with van der Waals surface area (Å²) in [6.45, 7) is 3.11. The molecule has 18 heavy (non-hydrogen) atoms. The van der Waals surface area contributed by atoms with E-state index in [1.165, 1.54) is 0 Å². The average molecular weight is 246 g/mol. The summed E-state index contributed by atoms with van der Waals surface area (Å²) in [5, 5.41) is 0. The lowest BCUT2D eigenvalue weighted by atomic mass is 9.97. The Labute approximate surface area is 107 Å². The number of ketones is 1. The van der Waals surface area contributed by atoms with Gasteiger partial charge >= 0.3 is 0 Å². The number of ether oxygens (including phenoxy) is 2. The molecule has 96 valence electrons. The molecule has 1 unspecified atom stereocenters. The molecular weight excluding hydrogens is 228 g/mol. The lowest BCUT2D eigenvalue weighted by Gasteiger charge is -2.20. The van der Waals surface area contributed by atoms with Gasteiger partial charge in [-0.05, 0) is 25.3 Å². The van der Waals surface area contributed by atoms with Crippen molar-refractivity contribution in [1.82, 2.24) is 0 Å². The highest BCUT2D eigenvalue weighted by Crippen LogP contribution is 2.25. The third-order valence-electron chi connectivity index (χ3n) is 2.92. The van der Waals surface area contributed by atoms with Crippen LogP contribution in [0.15, 0.2) is 42.2 Å². The monoisotopic (exact) mass is 246 g/mol. The van der Waals surface area contributed by atoms with Crippen molar-refractivity contribution in [1.29, 1.82) is 0 Å². The second-order valence-corrected chi connectivity index (χ2v) is 4.23. The summed E-state index contributed by atoms with van der Waals surface area (Å²) in [6, 6.07) is 9.60. The maximum absolute atomic E-state index is 12.4. The minimum absolute atomic E-state index is 0.0164. The zero-order valence-electron chi connectivity index (χ0n) is 10.6. The van der Waals surface area contributed by atoms with Crippen molar-refractivity contribution >= 4 is 5.78 Å². The summed E-state index contributed by atoms with van der Waals surface area (Å²) in [5.41, 5.74) is 1.62. The van der Waals surface area contributed by atoms with E-state index >= 15 is 0 Å². The Bertz CT molecular complexity index is 423. The number of carbonyl (C=O) groups is 1. The summed E-state index contributed by atoms with van der Waals surface area (Å²) < 4.78 is 10.8. The number of Topliss-reactive ketones (excluding diaryl/α,β-unsaturated/α-hetero) is 1. The van der Waals surface area contributed by atoms with Crippen molar-refractivity contribution < 1.29 is 14.3 Å². The fourth-order valence-electron chi connectivity index (χ4n) is 2.03. The van der Waals surface area contributed by atoms with Gasteiger partial charge in [0.2, 0.25) is 0 Å². The van der Waals surface area contributed by atoms with Crippen LogP contribution < -0.4 is 0 Å². The molecule has 2 rings (SSSR count). The molecule has 0 fully saturated rings. The molecule has 1 atom stereocenters. The molecule has 0 saturated carbocycles. The maximum Gasteiger partial charge on any atom is 0.195 e. The van der Waals surface area contributed by atoms with E-state index in [4.69, 9.17) is 9.47 Å². The van der Waals surface area contributed by atoms with Crippen molar-refractivity contribution in [3.8, 4) is 0 Å². The molecule has 0 radical (unpaired) electrons. The second kappa shape index (κ2) is 6.36. The van der Waals surface area contributed by atoms with Crippen molar-refractivity contribution in [3.63, 3.8) is 0 Å². The van der Waals surface area contributed by atoms with Crippen LogP contribution in [0.1, 0.15) is 31.4 Å². The van der Waals surface area contributed by atoms with Crippen LogP contribution in [0, 0.1) is 0 Å². The minimum atomic E-state index is -0.510. The van der Waals surface area contributed by atoms with Crippen LogP contribution in [0.5, 0.6) is 0 Å². The molecule has 3 nitrogen and oxygen atoms in total. The normalized spacial score (nSPS) is 16.6. The van der Waals surface area contributed by atoms with Crippen molar-refractivity contribution in [2.45, 2.75) is 25.9 Å². The molecular formula is C15H18O3. The number of hydrogen-bond donors (Lipinski definition) is 0. The summed E-state index contributed by atoms with van der Waals surface area (Å²) in [7, 11) is 0. The van der Waals surface area contributed by atoms with Crippen LogP contribution in [-0.4, -0.2) is 19.0 Å². The standard InChI is InChI=1S/C15H18O3/c1-2-18-15(12-7-4-3-5-8-12)14(16)13-9-6-10-17-11-13/h3-5,7-8,11,15H,2,6,9-10H2,1H3. The highest BCUT2D eigenvalue weighted by atomic mass is 16.5. The lowest BCUT2D eigenvalue weighted by molar-refractivity contribution is -0.127. The molecule has 0 N–H and O–H groups in total. The fourth-order valence-corrected chi connectivity index (χ4v) is 2.03. The number of carbonyl (C=O) groups excluding carboxylic acids is 1. The molecule has 0 saturated heterocycles. The van der Waals surface area contributed by atoms with Gasteiger partial charge < -0.3 is 9.47 Å². The number of benzene rings is 1. The molecule has 3 heteroatoms. The lowest BCUT2D eigenvalue weighted by Crippen LogP contribution is -2.20. The Hall–Kier alpha value is -1.61. The predicted octanol–water partition coefficient (Wildman–Crippen LogP) is 3.03. The Balaban J connectivity index is 2.19. The molecule has 1 aliphatic rings. The van der Waals surface area contributed by atoms with E-state index in [-0.39, 0.29) is 5.78 Å². The first-order chi connectivity index (χ1) is 8.83. The third-order valence-corrected chi connectivity index (χ3v) is 2.92.